The molecule has 0 saturated carbocycles. The van der Waals surface area contributed by atoms with E-state index in [-0.39, 0.29) is 0 Å². The van der Waals surface area contributed by atoms with Gasteiger partial charge in [-0.2, -0.15) is 0 Å². The molecule has 2 rings (SSSR count). The lowest BCUT2D eigenvalue weighted by atomic mass is 10.0. The molecule has 1 aliphatic heterocycles. The van der Waals surface area contributed by atoms with Crippen molar-refractivity contribution < 1.29 is 0 Å². The van der Waals surface area contributed by atoms with E-state index in [1.165, 1.54) is 24.4 Å². The zero-order valence-corrected chi connectivity index (χ0v) is 12.5. The minimum Gasteiger partial charge on any atom is -0.308 e. The van der Waals surface area contributed by atoms with Crippen LogP contribution in [-0.2, 0) is 0 Å². The number of likely N-dealkylation sites (N-methyl/N-ethyl adjacent to an activating group) is 3. The van der Waals surface area contributed by atoms with Crippen LogP contribution in [0.25, 0.3) is 0 Å². The van der Waals surface area contributed by atoms with Crippen molar-refractivity contribution in [3.05, 3.63) is 22.4 Å². The number of thiophene rings is 1. The fraction of sp³-hybridized carbons (Fsp3) is 0.714. The number of nitrogens with one attached hydrogen (secondary N) is 1. The lowest BCUT2D eigenvalue weighted by Gasteiger charge is -2.34. The average Bonchev–Trinajstić information content (AvgIpc) is 2.81. The predicted molar refractivity (Wildman–Crippen MR) is 79.3 cm³/mol. The highest BCUT2D eigenvalue weighted by Gasteiger charge is 2.29. The molecule has 1 aliphatic rings. The molecule has 0 aliphatic carbocycles. The van der Waals surface area contributed by atoms with Gasteiger partial charge in [0.2, 0.25) is 0 Å². The van der Waals surface area contributed by atoms with Crippen molar-refractivity contribution >= 4 is 11.3 Å². The van der Waals surface area contributed by atoms with E-state index in [0.29, 0.717) is 12.1 Å². The molecule has 0 spiro atoms. The van der Waals surface area contributed by atoms with Crippen molar-refractivity contribution in [2.24, 2.45) is 0 Å². The van der Waals surface area contributed by atoms with Crippen LogP contribution in [0.4, 0.5) is 0 Å². The van der Waals surface area contributed by atoms with E-state index in [1.54, 1.807) is 0 Å². The minimum absolute atomic E-state index is 0.459. The van der Waals surface area contributed by atoms with Gasteiger partial charge in [-0.1, -0.05) is 13.0 Å². The fourth-order valence-corrected chi connectivity index (χ4v) is 3.64. The van der Waals surface area contributed by atoms with E-state index in [2.05, 4.69) is 53.6 Å². The maximum absolute atomic E-state index is 3.68. The topological polar surface area (TPSA) is 18.5 Å². The molecule has 1 aromatic rings. The molecule has 0 amide bonds. The van der Waals surface area contributed by atoms with Crippen LogP contribution in [0.5, 0.6) is 0 Å². The number of hydrogen-bond donors (Lipinski definition) is 1. The van der Waals surface area contributed by atoms with Gasteiger partial charge in [0.15, 0.2) is 0 Å². The van der Waals surface area contributed by atoms with Crippen molar-refractivity contribution in [2.45, 2.75) is 25.4 Å². The standard InChI is InChI=1S/C14H25N3S/c1-4-15-14(13-7-5-10-18-13)12-11-16(2)8-6-9-17(12)3/h5,7,10,12,14-15H,4,6,8-9,11H2,1-3H3. The van der Waals surface area contributed by atoms with Crippen LogP contribution in [0, 0.1) is 0 Å². The normalized spacial score (nSPS) is 24.9. The molecular formula is C14H25N3S. The average molecular weight is 267 g/mol. The molecule has 2 heterocycles. The summed E-state index contributed by atoms with van der Waals surface area (Å²) in [4.78, 5) is 6.45. The Kier molecular flexibility index (Phi) is 5.18. The molecule has 0 aromatic carbocycles. The van der Waals surface area contributed by atoms with E-state index in [9.17, 15) is 0 Å². The molecule has 1 fully saturated rings. The summed E-state index contributed by atoms with van der Waals surface area (Å²) in [6.07, 6.45) is 1.27. The van der Waals surface area contributed by atoms with E-state index >= 15 is 0 Å². The largest absolute Gasteiger partial charge is 0.308 e. The maximum atomic E-state index is 3.68. The van der Waals surface area contributed by atoms with Gasteiger partial charge in [0.05, 0.1) is 6.04 Å². The molecular weight excluding hydrogens is 242 g/mol. The van der Waals surface area contributed by atoms with E-state index in [4.69, 9.17) is 0 Å². The van der Waals surface area contributed by atoms with Gasteiger partial charge in [0.25, 0.3) is 0 Å². The van der Waals surface area contributed by atoms with Crippen molar-refractivity contribution in [1.82, 2.24) is 15.1 Å². The van der Waals surface area contributed by atoms with E-state index < -0.39 is 0 Å². The van der Waals surface area contributed by atoms with Gasteiger partial charge in [0.1, 0.15) is 0 Å². The second kappa shape index (κ2) is 6.66. The summed E-state index contributed by atoms with van der Waals surface area (Å²) in [5.41, 5.74) is 0. The summed E-state index contributed by atoms with van der Waals surface area (Å²) in [6, 6.07) is 5.44. The van der Waals surface area contributed by atoms with E-state index in [0.717, 1.165) is 13.1 Å². The van der Waals surface area contributed by atoms with E-state index in [1.807, 2.05) is 11.3 Å². The van der Waals surface area contributed by atoms with Crippen LogP contribution in [0.2, 0.25) is 0 Å². The molecule has 3 nitrogen and oxygen atoms in total. The molecule has 18 heavy (non-hydrogen) atoms. The van der Waals surface area contributed by atoms with Crippen LogP contribution < -0.4 is 5.32 Å². The van der Waals surface area contributed by atoms with Crippen molar-refractivity contribution in [3.63, 3.8) is 0 Å². The maximum Gasteiger partial charge on any atom is 0.0585 e. The van der Waals surface area contributed by atoms with Crippen molar-refractivity contribution in [2.75, 3.05) is 40.3 Å². The van der Waals surface area contributed by atoms with Crippen LogP contribution in [0.1, 0.15) is 24.3 Å². The molecule has 4 heteroatoms. The van der Waals surface area contributed by atoms with Gasteiger partial charge in [-0.25, -0.2) is 0 Å². The molecule has 0 radical (unpaired) electrons. The van der Waals surface area contributed by atoms with Gasteiger partial charge in [-0.3, -0.25) is 0 Å². The first-order chi connectivity index (χ1) is 8.72. The first kappa shape index (κ1) is 14.0. The second-order valence-electron chi connectivity index (χ2n) is 5.21. The Morgan fingerprint density at radius 1 is 1.44 bits per heavy atom. The van der Waals surface area contributed by atoms with Gasteiger partial charge in [-0.05, 0) is 51.6 Å². The lowest BCUT2D eigenvalue weighted by Crippen LogP contribution is -2.46. The fourth-order valence-electron chi connectivity index (χ4n) is 2.78. The summed E-state index contributed by atoms with van der Waals surface area (Å²) in [6.45, 7) is 6.77. The van der Waals surface area contributed by atoms with Crippen LogP contribution in [0.15, 0.2) is 17.5 Å². The third-order valence-electron chi connectivity index (χ3n) is 3.77. The Labute approximate surface area is 115 Å². The minimum atomic E-state index is 0.459. The molecule has 102 valence electrons. The molecule has 2 unspecified atom stereocenters. The Morgan fingerprint density at radius 2 is 2.28 bits per heavy atom. The highest BCUT2D eigenvalue weighted by Crippen LogP contribution is 2.26. The molecule has 1 saturated heterocycles. The van der Waals surface area contributed by atoms with Gasteiger partial charge in [-0.15, -0.1) is 11.3 Å². The third-order valence-corrected chi connectivity index (χ3v) is 4.73. The zero-order valence-electron chi connectivity index (χ0n) is 11.7. The smallest absolute Gasteiger partial charge is 0.0585 e. The monoisotopic (exact) mass is 267 g/mol. The molecule has 2 atom stereocenters. The van der Waals surface area contributed by atoms with Crippen molar-refractivity contribution in [3.8, 4) is 0 Å². The molecule has 1 aromatic heterocycles. The third kappa shape index (κ3) is 3.32. The zero-order chi connectivity index (χ0) is 13.0. The van der Waals surface area contributed by atoms with Gasteiger partial charge in [0, 0.05) is 17.5 Å². The first-order valence-corrected chi connectivity index (χ1v) is 7.76. The summed E-state index contributed by atoms with van der Waals surface area (Å²) < 4.78 is 0. The van der Waals surface area contributed by atoms with Crippen molar-refractivity contribution in [1.29, 1.82) is 0 Å². The highest BCUT2D eigenvalue weighted by molar-refractivity contribution is 7.10. The predicted octanol–water partition coefficient (Wildman–Crippen LogP) is 2.03. The Morgan fingerprint density at radius 3 is 2.94 bits per heavy atom. The molecule has 1 N–H and O–H groups in total. The summed E-state index contributed by atoms with van der Waals surface area (Å²) in [5.74, 6) is 0. The first-order valence-electron chi connectivity index (χ1n) is 6.88. The summed E-state index contributed by atoms with van der Waals surface area (Å²) >= 11 is 1.87. The van der Waals surface area contributed by atoms with Gasteiger partial charge >= 0.3 is 0 Å². The second-order valence-corrected chi connectivity index (χ2v) is 6.19. The lowest BCUT2D eigenvalue weighted by molar-refractivity contribution is 0.181. The summed E-state index contributed by atoms with van der Waals surface area (Å²) in [5, 5.41) is 5.86. The number of hydrogen-bond acceptors (Lipinski definition) is 4. The van der Waals surface area contributed by atoms with Crippen LogP contribution >= 0.6 is 11.3 Å². The quantitative estimate of drug-likeness (QED) is 0.900. The number of nitrogens with zero attached hydrogens (tertiary/aromatic N) is 2. The van der Waals surface area contributed by atoms with Crippen LogP contribution in [0.3, 0.4) is 0 Å². The highest BCUT2D eigenvalue weighted by atomic mass is 32.1. The Hall–Kier alpha value is -0.420. The summed E-state index contributed by atoms with van der Waals surface area (Å²) in [7, 11) is 4.51. The SMILES string of the molecule is CCNC(c1cccs1)C1CN(C)CCCN1C. The van der Waals surface area contributed by atoms with Crippen LogP contribution in [-0.4, -0.2) is 56.1 Å². The number of rotatable bonds is 4. The Balaban J connectivity index is 2.17. The van der Waals surface area contributed by atoms with Gasteiger partial charge < -0.3 is 15.1 Å². The molecule has 0 bridgehead atoms. The Bertz CT molecular complexity index is 339.